The molecular formula is C17H18BrClO. The minimum atomic E-state index is -0.151. The van der Waals surface area contributed by atoms with E-state index in [1.807, 2.05) is 25.1 Å². The molecule has 106 valence electrons. The van der Waals surface area contributed by atoms with Crippen molar-refractivity contribution in [1.82, 2.24) is 0 Å². The van der Waals surface area contributed by atoms with Gasteiger partial charge in [0, 0.05) is 0 Å². The van der Waals surface area contributed by atoms with Gasteiger partial charge in [-0.3, -0.25) is 0 Å². The van der Waals surface area contributed by atoms with Gasteiger partial charge in [-0.15, -0.1) is 11.6 Å². The van der Waals surface area contributed by atoms with Gasteiger partial charge in [0.1, 0.15) is 5.75 Å². The molecule has 0 saturated heterocycles. The molecular weight excluding hydrogens is 336 g/mol. The molecule has 2 rings (SSSR count). The fraction of sp³-hybridized carbons (Fsp3) is 0.294. The molecule has 0 radical (unpaired) electrons. The van der Waals surface area contributed by atoms with Crippen molar-refractivity contribution < 1.29 is 4.74 Å². The van der Waals surface area contributed by atoms with Gasteiger partial charge in [-0.05, 0) is 65.5 Å². The molecule has 1 unspecified atom stereocenters. The first-order chi connectivity index (χ1) is 9.52. The van der Waals surface area contributed by atoms with E-state index in [0.717, 1.165) is 21.3 Å². The Balaban J connectivity index is 2.35. The Kier molecular flexibility index (Phi) is 5.11. The minimum absolute atomic E-state index is 0.151. The quantitative estimate of drug-likeness (QED) is 0.632. The zero-order valence-electron chi connectivity index (χ0n) is 11.9. The van der Waals surface area contributed by atoms with E-state index in [0.29, 0.717) is 6.61 Å². The summed E-state index contributed by atoms with van der Waals surface area (Å²) in [4.78, 5) is 0. The number of benzene rings is 2. The molecule has 0 aliphatic heterocycles. The Morgan fingerprint density at radius 1 is 1.15 bits per heavy atom. The molecule has 0 aromatic heterocycles. The number of ether oxygens (including phenoxy) is 1. The summed E-state index contributed by atoms with van der Waals surface area (Å²) in [6.07, 6.45) is 0. The second-order valence-electron chi connectivity index (χ2n) is 4.85. The first-order valence-corrected chi connectivity index (χ1v) is 7.89. The van der Waals surface area contributed by atoms with E-state index in [1.165, 1.54) is 11.1 Å². The summed E-state index contributed by atoms with van der Waals surface area (Å²) < 4.78 is 6.47. The number of rotatable bonds is 4. The highest BCUT2D eigenvalue weighted by atomic mass is 79.9. The summed E-state index contributed by atoms with van der Waals surface area (Å²) in [5.74, 6) is 0.848. The van der Waals surface area contributed by atoms with E-state index >= 15 is 0 Å². The van der Waals surface area contributed by atoms with E-state index in [4.69, 9.17) is 16.3 Å². The summed E-state index contributed by atoms with van der Waals surface area (Å²) >= 11 is 10.2. The monoisotopic (exact) mass is 352 g/mol. The zero-order chi connectivity index (χ0) is 14.7. The van der Waals surface area contributed by atoms with Gasteiger partial charge in [0.2, 0.25) is 0 Å². The van der Waals surface area contributed by atoms with E-state index < -0.39 is 0 Å². The topological polar surface area (TPSA) is 9.23 Å². The molecule has 0 aliphatic rings. The van der Waals surface area contributed by atoms with Crippen LogP contribution in [0.4, 0.5) is 0 Å². The van der Waals surface area contributed by atoms with Crippen molar-refractivity contribution >= 4 is 27.5 Å². The van der Waals surface area contributed by atoms with Gasteiger partial charge in [-0.2, -0.15) is 0 Å². The third kappa shape index (κ3) is 3.36. The molecule has 3 heteroatoms. The second kappa shape index (κ2) is 6.64. The minimum Gasteiger partial charge on any atom is -0.493 e. The SMILES string of the molecule is CCOc1ccc(C(Cl)c2cc(C)ccc2C)cc1Br. The first-order valence-electron chi connectivity index (χ1n) is 6.66. The lowest BCUT2D eigenvalue weighted by atomic mass is 9.98. The third-order valence-corrected chi connectivity index (χ3v) is 4.36. The highest BCUT2D eigenvalue weighted by Gasteiger charge is 2.15. The first kappa shape index (κ1) is 15.4. The number of hydrogen-bond acceptors (Lipinski definition) is 1. The van der Waals surface area contributed by atoms with Crippen LogP contribution in [0.1, 0.15) is 34.6 Å². The van der Waals surface area contributed by atoms with Crippen LogP contribution in [0, 0.1) is 13.8 Å². The Labute approximate surface area is 134 Å². The Morgan fingerprint density at radius 3 is 2.55 bits per heavy atom. The van der Waals surface area contributed by atoms with Crippen LogP contribution in [0.15, 0.2) is 40.9 Å². The summed E-state index contributed by atoms with van der Waals surface area (Å²) in [5, 5.41) is -0.151. The maximum absolute atomic E-state index is 6.65. The van der Waals surface area contributed by atoms with Crippen LogP contribution in [0.3, 0.4) is 0 Å². The Morgan fingerprint density at radius 2 is 1.90 bits per heavy atom. The van der Waals surface area contributed by atoms with Crippen molar-refractivity contribution in [2.24, 2.45) is 0 Å². The molecule has 1 nitrogen and oxygen atoms in total. The third-order valence-electron chi connectivity index (χ3n) is 3.26. The molecule has 20 heavy (non-hydrogen) atoms. The maximum Gasteiger partial charge on any atom is 0.133 e. The lowest BCUT2D eigenvalue weighted by Gasteiger charge is -2.15. The molecule has 0 N–H and O–H groups in total. The summed E-state index contributed by atoms with van der Waals surface area (Å²) in [5.41, 5.74) is 4.65. The van der Waals surface area contributed by atoms with E-state index in [2.05, 4.69) is 48.0 Å². The lowest BCUT2D eigenvalue weighted by Crippen LogP contribution is -1.98. The summed E-state index contributed by atoms with van der Waals surface area (Å²) in [7, 11) is 0. The van der Waals surface area contributed by atoms with Crippen molar-refractivity contribution in [3.05, 3.63) is 63.1 Å². The molecule has 0 heterocycles. The van der Waals surface area contributed by atoms with Gasteiger partial charge in [0.05, 0.1) is 16.5 Å². The highest BCUT2D eigenvalue weighted by molar-refractivity contribution is 9.10. The van der Waals surface area contributed by atoms with Gasteiger partial charge >= 0.3 is 0 Å². The van der Waals surface area contributed by atoms with Crippen LogP contribution in [-0.4, -0.2) is 6.61 Å². The predicted molar refractivity (Wildman–Crippen MR) is 88.9 cm³/mol. The van der Waals surface area contributed by atoms with Gasteiger partial charge in [0.25, 0.3) is 0 Å². The van der Waals surface area contributed by atoms with Crippen molar-refractivity contribution in [2.75, 3.05) is 6.61 Å². The maximum atomic E-state index is 6.65. The average molecular weight is 354 g/mol. The fourth-order valence-corrected chi connectivity index (χ4v) is 3.04. The van der Waals surface area contributed by atoms with Crippen LogP contribution >= 0.6 is 27.5 Å². The lowest BCUT2D eigenvalue weighted by molar-refractivity contribution is 0.338. The van der Waals surface area contributed by atoms with Crippen molar-refractivity contribution in [3.63, 3.8) is 0 Å². The van der Waals surface area contributed by atoms with Crippen LogP contribution in [0.5, 0.6) is 5.75 Å². The zero-order valence-corrected chi connectivity index (χ0v) is 14.3. The van der Waals surface area contributed by atoms with Crippen molar-refractivity contribution in [1.29, 1.82) is 0 Å². The standard InChI is InChI=1S/C17H18BrClO/c1-4-20-16-8-7-13(10-15(16)18)17(19)14-9-11(2)5-6-12(14)3/h5-10,17H,4H2,1-3H3. The number of aryl methyl sites for hydroxylation is 2. The van der Waals surface area contributed by atoms with Crippen LogP contribution in [0.2, 0.25) is 0 Å². The van der Waals surface area contributed by atoms with E-state index in [1.54, 1.807) is 0 Å². The number of alkyl halides is 1. The normalized spacial score (nSPS) is 12.2. The second-order valence-corrected chi connectivity index (χ2v) is 6.14. The molecule has 0 aliphatic carbocycles. The smallest absolute Gasteiger partial charge is 0.133 e. The fourth-order valence-electron chi connectivity index (χ4n) is 2.16. The Hall–Kier alpha value is -0.990. The van der Waals surface area contributed by atoms with Gasteiger partial charge < -0.3 is 4.74 Å². The predicted octanol–water partition coefficient (Wildman–Crippen LogP) is 5.79. The van der Waals surface area contributed by atoms with Gasteiger partial charge in [0.15, 0.2) is 0 Å². The number of halogens is 2. The highest BCUT2D eigenvalue weighted by Crippen LogP contribution is 2.35. The van der Waals surface area contributed by atoms with Crippen LogP contribution < -0.4 is 4.74 Å². The van der Waals surface area contributed by atoms with E-state index in [9.17, 15) is 0 Å². The number of hydrogen-bond donors (Lipinski definition) is 0. The van der Waals surface area contributed by atoms with Crippen LogP contribution in [-0.2, 0) is 0 Å². The summed E-state index contributed by atoms with van der Waals surface area (Å²) in [6, 6.07) is 12.4. The molecule has 1 atom stereocenters. The van der Waals surface area contributed by atoms with Crippen molar-refractivity contribution in [2.45, 2.75) is 26.1 Å². The largest absolute Gasteiger partial charge is 0.493 e. The van der Waals surface area contributed by atoms with Crippen molar-refractivity contribution in [3.8, 4) is 5.75 Å². The molecule has 0 bridgehead atoms. The molecule has 2 aromatic carbocycles. The van der Waals surface area contributed by atoms with Gasteiger partial charge in [-0.25, -0.2) is 0 Å². The summed E-state index contributed by atoms with van der Waals surface area (Å²) in [6.45, 7) is 6.80. The van der Waals surface area contributed by atoms with Crippen LogP contribution in [0.25, 0.3) is 0 Å². The van der Waals surface area contributed by atoms with E-state index in [-0.39, 0.29) is 5.38 Å². The molecule has 0 amide bonds. The molecule has 0 fully saturated rings. The Bertz CT molecular complexity index is 610. The molecule has 0 spiro atoms. The molecule has 2 aromatic rings. The average Bonchev–Trinajstić information content (AvgIpc) is 2.43. The molecule has 0 saturated carbocycles. The van der Waals surface area contributed by atoms with Gasteiger partial charge in [-0.1, -0.05) is 29.8 Å².